The Labute approximate surface area is 126 Å². The van der Waals surface area contributed by atoms with Gasteiger partial charge in [-0.15, -0.1) is 0 Å². The van der Waals surface area contributed by atoms with Crippen molar-refractivity contribution in [2.45, 2.75) is 32.1 Å². The molecular formula is C16H26N2O3. The molecule has 5 heteroatoms. The molecule has 1 fully saturated rings. The van der Waals surface area contributed by atoms with Gasteiger partial charge in [-0.1, -0.05) is 19.1 Å². The van der Waals surface area contributed by atoms with E-state index in [1.807, 2.05) is 31.2 Å². The van der Waals surface area contributed by atoms with Crippen LogP contribution in [-0.4, -0.2) is 53.6 Å². The Morgan fingerprint density at radius 2 is 2.10 bits per heavy atom. The largest absolute Gasteiger partial charge is 0.491 e. The van der Waals surface area contributed by atoms with Gasteiger partial charge in [-0.2, -0.15) is 0 Å². The number of likely N-dealkylation sites (tertiary alicyclic amines) is 1. The number of nitrogens with zero attached hydrogens (tertiary/aromatic N) is 1. The average Bonchev–Trinajstić information content (AvgIpc) is 2.49. The van der Waals surface area contributed by atoms with Crippen molar-refractivity contribution in [3.63, 3.8) is 0 Å². The van der Waals surface area contributed by atoms with Crippen LogP contribution >= 0.6 is 0 Å². The van der Waals surface area contributed by atoms with Crippen LogP contribution in [0.3, 0.4) is 0 Å². The Balaban J connectivity index is 1.72. The first kappa shape index (κ1) is 16.2. The summed E-state index contributed by atoms with van der Waals surface area (Å²) in [7, 11) is 0. The molecule has 3 atom stereocenters. The maximum Gasteiger partial charge on any atom is 0.119 e. The third kappa shape index (κ3) is 4.97. The van der Waals surface area contributed by atoms with E-state index in [0.717, 1.165) is 30.8 Å². The SMILES string of the molecule is CC1CN(CC(O)COc2ccc(CN)cc2)CCC1O. The number of ether oxygens (including phenoxy) is 1. The molecule has 4 N–H and O–H groups in total. The molecule has 5 nitrogen and oxygen atoms in total. The van der Waals surface area contributed by atoms with E-state index in [0.29, 0.717) is 13.1 Å². The predicted octanol–water partition coefficient (Wildman–Crippen LogP) is 0.588. The summed E-state index contributed by atoms with van der Waals surface area (Å²) in [6, 6.07) is 7.59. The monoisotopic (exact) mass is 294 g/mol. The molecule has 118 valence electrons. The van der Waals surface area contributed by atoms with Gasteiger partial charge < -0.3 is 25.6 Å². The second-order valence-corrected chi connectivity index (χ2v) is 5.91. The fourth-order valence-electron chi connectivity index (χ4n) is 2.65. The van der Waals surface area contributed by atoms with Crippen LogP contribution in [0.1, 0.15) is 18.9 Å². The van der Waals surface area contributed by atoms with E-state index in [9.17, 15) is 10.2 Å². The minimum absolute atomic E-state index is 0.212. The third-order valence-corrected chi connectivity index (χ3v) is 4.01. The molecule has 21 heavy (non-hydrogen) atoms. The van der Waals surface area contributed by atoms with E-state index in [2.05, 4.69) is 4.90 Å². The van der Waals surface area contributed by atoms with E-state index >= 15 is 0 Å². The molecule has 1 aromatic rings. The molecule has 0 spiro atoms. The van der Waals surface area contributed by atoms with Gasteiger partial charge in [-0.3, -0.25) is 0 Å². The van der Waals surface area contributed by atoms with Gasteiger partial charge in [0.15, 0.2) is 0 Å². The second kappa shape index (κ2) is 7.75. The van der Waals surface area contributed by atoms with E-state index in [-0.39, 0.29) is 18.6 Å². The summed E-state index contributed by atoms with van der Waals surface area (Å²) in [4.78, 5) is 2.18. The van der Waals surface area contributed by atoms with Crippen LogP contribution in [0.4, 0.5) is 0 Å². The van der Waals surface area contributed by atoms with Crippen molar-refractivity contribution in [1.82, 2.24) is 4.90 Å². The summed E-state index contributed by atoms with van der Waals surface area (Å²) in [6.07, 6.45) is 0.0345. The third-order valence-electron chi connectivity index (χ3n) is 4.01. The summed E-state index contributed by atoms with van der Waals surface area (Å²) in [5, 5.41) is 19.8. The zero-order valence-electron chi connectivity index (χ0n) is 12.6. The first-order valence-electron chi connectivity index (χ1n) is 7.58. The van der Waals surface area contributed by atoms with Crippen molar-refractivity contribution >= 4 is 0 Å². The molecule has 1 heterocycles. The van der Waals surface area contributed by atoms with Crippen molar-refractivity contribution in [2.75, 3.05) is 26.2 Å². The number of piperidine rings is 1. The van der Waals surface area contributed by atoms with Gasteiger partial charge in [0.05, 0.1) is 6.10 Å². The first-order valence-corrected chi connectivity index (χ1v) is 7.58. The number of aliphatic hydroxyl groups excluding tert-OH is 2. The van der Waals surface area contributed by atoms with Crippen molar-refractivity contribution in [3.8, 4) is 5.75 Å². The highest BCUT2D eigenvalue weighted by Gasteiger charge is 2.25. The number of nitrogens with two attached hydrogens (primary N) is 1. The minimum Gasteiger partial charge on any atom is -0.491 e. The number of rotatable bonds is 6. The van der Waals surface area contributed by atoms with Gasteiger partial charge in [0.2, 0.25) is 0 Å². The van der Waals surface area contributed by atoms with Gasteiger partial charge in [-0.05, 0) is 30.0 Å². The topological polar surface area (TPSA) is 79.0 Å². The normalized spacial score (nSPS) is 24.8. The molecule has 0 radical (unpaired) electrons. The first-order chi connectivity index (χ1) is 10.1. The Morgan fingerprint density at radius 1 is 1.38 bits per heavy atom. The van der Waals surface area contributed by atoms with Crippen molar-refractivity contribution in [1.29, 1.82) is 0 Å². The van der Waals surface area contributed by atoms with Gasteiger partial charge in [-0.25, -0.2) is 0 Å². The molecule has 1 saturated heterocycles. The summed E-state index contributed by atoms with van der Waals surface area (Å²) in [5.74, 6) is 1.00. The van der Waals surface area contributed by atoms with Gasteiger partial charge in [0, 0.05) is 26.2 Å². The summed E-state index contributed by atoms with van der Waals surface area (Å²) >= 11 is 0. The molecule has 0 amide bonds. The lowest BCUT2D eigenvalue weighted by Gasteiger charge is -2.35. The predicted molar refractivity (Wildman–Crippen MR) is 82.1 cm³/mol. The van der Waals surface area contributed by atoms with E-state index in [4.69, 9.17) is 10.5 Å². The molecule has 0 bridgehead atoms. The zero-order valence-corrected chi connectivity index (χ0v) is 12.6. The standard InChI is InChI=1S/C16H26N2O3/c1-12-9-18(7-6-16(12)20)10-14(19)11-21-15-4-2-13(8-17)3-5-15/h2-5,12,14,16,19-20H,6-11,17H2,1H3. The average molecular weight is 294 g/mol. The number of hydrogen-bond acceptors (Lipinski definition) is 5. The molecule has 3 unspecified atom stereocenters. The molecular weight excluding hydrogens is 268 g/mol. The molecule has 2 rings (SSSR count). The number of benzene rings is 1. The number of aliphatic hydroxyl groups is 2. The molecule has 1 aliphatic rings. The van der Waals surface area contributed by atoms with Crippen LogP contribution in [-0.2, 0) is 6.54 Å². The lowest BCUT2D eigenvalue weighted by Crippen LogP contribution is -2.45. The van der Waals surface area contributed by atoms with E-state index in [1.54, 1.807) is 0 Å². The molecule has 0 aliphatic carbocycles. The van der Waals surface area contributed by atoms with Gasteiger partial charge in [0.1, 0.15) is 18.5 Å². The number of β-amino-alcohol motifs (C(OH)–C–C–N with tert-alkyl or cyclic N) is 1. The van der Waals surface area contributed by atoms with Crippen LogP contribution in [0.2, 0.25) is 0 Å². The van der Waals surface area contributed by atoms with Crippen LogP contribution in [0, 0.1) is 5.92 Å². The van der Waals surface area contributed by atoms with E-state index < -0.39 is 6.10 Å². The van der Waals surface area contributed by atoms with Crippen molar-refractivity contribution < 1.29 is 14.9 Å². The fourth-order valence-corrected chi connectivity index (χ4v) is 2.65. The van der Waals surface area contributed by atoms with E-state index in [1.165, 1.54) is 0 Å². The van der Waals surface area contributed by atoms with Crippen LogP contribution in [0.5, 0.6) is 5.75 Å². The maximum absolute atomic E-state index is 10.1. The Bertz CT molecular complexity index is 424. The zero-order chi connectivity index (χ0) is 15.2. The van der Waals surface area contributed by atoms with Crippen molar-refractivity contribution in [3.05, 3.63) is 29.8 Å². The van der Waals surface area contributed by atoms with Crippen LogP contribution in [0.15, 0.2) is 24.3 Å². The molecule has 1 aliphatic heterocycles. The smallest absolute Gasteiger partial charge is 0.119 e. The molecule has 0 aromatic heterocycles. The Hall–Kier alpha value is -1.14. The quantitative estimate of drug-likeness (QED) is 0.715. The summed E-state index contributed by atoms with van der Waals surface area (Å²) in [5.41, 5.74) is 6.60. The maximum atomic E-state index is 10.1. The summed E-state index contributed by atoms with van der Waals surface area (Å²) in [6.45, 7) is 5.06. The van der Waals surface area contributed by atoms with Crippen LogP contribution in [0.25, 0.3) is 0 Å². The fraction of sp³-hybridized carbons (Fsp3) is 0.625. The highest BCUT2D eigenvalue weighted by molar-refractivity contribution is 5.27. The second-order valence-electron chi connectivity index (χ2n) is 5.91. The minimum atomic E-state index is -0.526. The lowest BCUT2D eigenvalue weighted by atomic mass is 9.96. The van der Waals surface area contributed by atoms with Crippen molar-refractivity contribution in [2.24, 2.45) is 11.7 Å². The molecule has 1 aromatic carbocycles. The molecule has 0 saturated carbocycles. The van der Waals surface area contributed by atoms with Gasteiger partial charge >= 0.3 is 0 Å². The highest BCUT2D eigenvalue weighted by atomic mass is 16.5. The highest BCUT2D eigenvalue weighted by Crippen LogP contribution is 2.17. The summed E-state index contributed by atoms with van der Waals surface area (Å²) < 4.78 is 5.59. The van der Waals surface area contributed by atoms with Crippen LogP contribution < -0.4 is 10.5 Å². The lowest BCUT2D eigenvalue weighted by molar-refractivity contribution is 0.00583. The Kier molecular flexibility index (Phi) is 5.99. The Morgan fingerprint density at radius 3 is 2.71 bits per heavy atom. The van der Waals surface area contributed by atoms with Gasteiger partial charge in [0.25, 0.3) is 0 Å². The number of hydrogen-bond donors (Lipinski definition) is 3.